The van der Waals surface area contributed by atoms with Gasteiger partial charge in [0.2, 0.25) is 0 Å². The van der Waals surface area contributed by atoms with E-state index in [1.807, 2.05) is 0 Å². The lowest BCUT2D eigenvalue weighted by Gasteiger charge is -2.25. The van der Waals surface area contributed by atoms with Crippen LogP contribution >= 0.6 is 0 Å². The molecule has 7 rings (SSSR count). The number of rotatable bonds is 2. The second-order valence-corrected chi connectivity index (χ2v) is 14.2. The summed E-state index contributed by atoms with van der Waals surface area (Å²) in [7, 11) is 4.43. The van der Waals surface area contributed by atoms with Crippen molar-refractivity contribution in [3.63, 3.8) is 0 Å². The number of para-hydroxylation sites is 1. The van der Waals surface area contributed by atoms with E-state index in [1.165, 1.54) is 70.8 Å². The largest absolute Gasteiger partial charge is 0.308 e. The molecular weight excluding hydrogens is 470 g/mol. The van der Waals surface area contributed by atoms with Crippen LogP contribution in [0.2, 0.25) is 0 Å². The van der Waals surface area contributed by atoms with Crippen LogP contribution in [0.4, 0.5) is 0 Å². The molecule has 2 nitrogen and oxygen atoms in total. The molecule has 0 unspecified atom stereocenters. The third-order valence-electron chi connectivity index (χ3n) is 8.52. The Kier molecular flexibility index (Phi) is 5.03. The van der Waals surface area contributed by atoms with Crippen molar-refractivity contribution < 1.29 is 0 Å². The normalized spacial score (nSPS) is 13.3. The molecule has 0 radical (unpaired) electrons. The summed E-state index contributed by atoms with van der Waals surface area (Å²) in [6.45, 7) is 14.1. The lowest BCUT2D eigenvalue weighted by Crippen LogP contribution is -2.30. The van der Waals surface area contributed by atoms with E-state index in [1.54, 1.807) is 0 Å². The average molecular weight is 506 g/mol. The van der Waals surface area contributed by atoms with Gasteiger partial charge in [0.15, 0.2) is 7.85 Å². The smallest absolute Gasteiger partial charge is 0.163 e. The standard InChI is InChI=1S/C35H36B2N2/c1-34(2,3)17-20-16-23-28-30(38-33(37)29(23)36)24-15-19-11-7-8-12-21(19)25(18-35(4,5)6)31(24)39-26-14-10-9-13-22(26)27(20)32(28)39/h7-16H,17-18,36-37H2,1-6H3. The summed E-state index contributed by atoms with van der Waals surface area (Å²) in [5, 5.41) is 9.33. The Labute approximate surface area is 232 Å². The Hall–Kier alpha value is -3.52. The van der Waals surface area contributed by atoms with Crippen molar-refractivity contribution in [1.29, 1.82) is 0 Å². The van der Waals surface area contributed by atoms with Crippen molar-refractivity contribution in [2.75, 3.05) is 0 Å². The molecule has 0 saturated carbocycles. The number of hydrogen-bond acceptors (Lipinski definition) is 1. The first-order valence-corrected chi connectivity index (χ1v) is 14.3. The van der Waals surface area contributed by atoms with Gasteiger partial charge in [-0.25, -0.2) is 0 Å². The zero-order valence-corrected chi connectivity index (χ0v) is 24.6. The molecule has 7 aromatic rings. The zero-order chi connectivity index (χ0) is 27.4. The third-order valence-corrected chi connectivity index (χ3v) is 8.52. The van der Waals surface area contributed by atoms with E-state index < -0.39 is 0 Å². The Balaban J connectivity index is 1.87. The fourth-order valence-corrected chi connectivity index (χ4v) is 6.98. The summed E-state index contributed by atoms with van der Waals surface area (Å²) in [4.78, 5) is 5.36. The van der Waals surface area contributed by atoms with Gasteiger partial charge in [-0.15, -0.1) is 0 Å². The minimum Gasteiger partial charge on any atom is -0.308 e. The van der Waals surface area contributed by atoms with E-state index in [0.717, 1.165) is 24.0 Å². The molecule has 192 valence electrons. The van der Waals surface area contributed by atoms with E-state index in [4.69, 9.17) is 4.98 Å². The first kappa shape index (κ1) is 24.5. The highest BCUT2D eigenvalue weighted by Crippen LogP contribution is 2.45. The van der Waals surface area contributed by atoms with Gasteiger partial charge >= 0.3 is 0 Å². The van der Waals surface area contributed by atoms with Crippen LogP contribution in [-0.4, -0.2) is 25.1 Å². The summed E-state index contributed by atoms with van der Waals surface area (Å²) in [5.74, 6) is 0. The molecule has 3 aromatic heterocycles. The van der Waals surface area contributed by atoms with Crippen molar-refractivity contribution in [3.8, 4) is 0 Å². The minimum atomic E-state index is 0.139. The van der Waals surface area contributed by atoms with Gasteiger partial charge in [0.1, 0.15) is 7.85 Å². The SMILES string of the molecule is Bc1nc2c3cc4ccccc4c(CC(C)(C)C)c3n3c4ccccc4c4c(CC(C)(C)C)cc(c1B)c2c43. The quantitative estimate of drug-likeness (QED) is 0.154. The van der Waals surface area contributed by atoms with E-state index in [-0.39, 0.29) is 10.8 Å². The van der Waals surface area contributed by atoms with Gasteiger partial charge in [-0.1, -0.05) is 95.5 Å². The second-order valence-electron chi connectivity index (χ2n) is 14.2. The van der Waals surface area contributed by atoms with Crippen LogP contribution in [-0.2, 0) is 12.8 Å². The van der Waals surface area contributed by atoms with Crippen molar-refractivity contribution in [2.45, 2.75) is 54.4 Å². The Bertz CT molecular complexity index is 2100. The topological polar surface area (TPSA) is 17.3 Å². The number of hydrogen-bond donors (Lipinski definition) is 0. The monoisotopic (exact) mass is 506 g/mol. The van der Waals surface area contributed by atoms with Crippen LogP contribution in [0.5, 0.6) is 0 Å². The fraction of sp³-hybridized carbons (Fsp3) is 0.286. The van der Waals surface area contributed by atoms with Crippen LogP contribution in [0.3, 0.4) is 0 Å². The minimum absolute atomic E-state index is 0.139. The van der Waals surface area contributed by atoms with Gasteiger partial charge < -0.3 is 4.40 Å². The van der Waals surface area contributed by atoms with Crippen molar-refractivity contribution >= 4 is 86.5 Å². The van der Waals surface area contributed by atoms with Crippen molar-refractivity contribution in [1.82, 2.24) is 9.38 Å². The second kappa shape index (κ2) is 8.01. The van der Waals surface area contributed by atoms with E-state index in [2.05, 4.69) is 122 Å². The molecule has 0 N–H and O–H groups in total. The highest BCUT2D eigenvalue weighted by molar-refractivity contribution is 6.53. The van der Waals surface area contributed by atoms with Crippen LogP contribution in [0.25, 0.3) is 59.8 Å². The van der Waals surface area contributed by atoms with Gasteiger partial charge in [-0.3, -0.25) is 4.98 Å². The summed E-state index contributed by atoms with van der Waals surface area (Å²) < 4.78 is 2.62. The molecule has 0 aliphatic carbocycles. The van der Waals surface area contributed by atoms with Gasteiger partial charge in [0.05, 0.1) is 22.1 Å². The molecule has 0 bridgehead atoms. The van der Waals surface area contributed by atoms with Crippen LogP contribution in [0.1, 0.15) is 52.7 Å². The number of fused-ring (bicyclic) bond motifs is 7. The number of aromatic nitrogens is 2. The molecule has 0 aliphatic rings. The molecule has 0 amide bonds. The van der Waals surface area contributed by atoms with Gasteiger partial charge in [0.25, 0.3) is 0 Å². The first-order chi connectivity index (χ1) is 18.4. The molecule has 4 aromatic carbocycles. The highest BCUT2D eigenvalue weighted by Gasteiger charge is 2.27. The average Bonchev–Trinajstić information content (AvgIpc) is 3.20. The molecule has 0 fully saturated rings. The number of nitrogens with zero attached hydrogens (tertiary/aromatic N) is 2. The predicted molar refractivity (Wildman–Crippen MR) is 177 cm³/mol. The van der Waals surface area contributed by atoms with Gasteiger partial charge in [-0.2, -0.15) is 0 Å². The highest BCUT2D eigenvalue weighted by atomic mass is 14.9. The molecule has 3 heterocycles. The summed E-state index contributed by atoms with van der Waals surface area (Å²) in [6.07, 6.45) is 2.03. The van der Waals surface area contributed by atoms with Gasteiger partial charge in [-0.05, 0) is 68.7 Å². The van der Waals surface area contributed by atoms with Crippen LogP contribution in [0.15, 0.2) is 60.7 Å². The van der Waals surface area contributed by atoms with E-state index >= 15 is 0 Å². The molecule has 0 atom stereocenters. The van der Waals surface area contributed by atoms with E-state index in [9.17, 15) is 0 Å². The van der Waals surface area contributed by atoms with E-state index in [0.29, 0.717) is 0 Å². The first-order valence-electron chi connectivity index (χ1n) is 14.3. The summed E-state index contributed by atoms with van der Waals surface area (Å²) in [5.41, 5.74) is 10.7. The molecule has 4 heteroatoms. The number of pyridine rings is 2. The van der Waals surface area contributed by atoms with Crippen LogP contribution in [0, 0.1) is 10.8 Å². The summed E-state index contributed by atoms with van der Waals surface area (Å²) >= 11 is 0. The third kappa shape index (κ3) is 3.60. The predicted octanol–water partition coefficient (Wildman–Crippen LogP) is 6.23. The maximum Gasteiger partial charge on any atom is 0.163 e. The molecule has 0 saturated heterocycles. The van der Waals surface area contributed by atoms with Crippen molar-refractivity contribution in [2.24, 2.45) is 10.8 Å². The fourth-order valence-electron chi connectivity index (χ4n) is 6.98. The molecule has 39 heavy (non-hydrogen) atoms. The van der Waals surface area contributed by atoms with Crippen molar-refractivity contribution in [3.05, 3.63) is 71.8 Å². The van der Waals surface area contributed by atoms with Gasteiger partial charge in [0, 0.05) is 21.5 Å². The maximum absolute atomic E-state index is 5.36. The molecule has 0 aliphatic heterocycles. The maximum atomic E-state index is 5.36. The lowest BCUT2D eigenvalue weighted by atomic mass is 9.78. The zero-order valence-electron chi connectivity index (χ0n) is 24.6. The van der Waals surface area contributed by atoms with Crippen LogP contribution < -0.4 is 11.1 Å². The Morgan fingerprint density at radius 2 is 1.36 bits per heavy atom. The number of benzene rings is 4. The molecular formula is C35H36B2N2. The molecule has 0 spiro atoms. The Morgan fingerprint density at radius 3 is 2.08 bits per heavy atom. The summed E-state index contributed by atoms with van der Waals surface area (Å²) in [6, 6.07) is 22.9. The Morgan fingerprint density at radius 1 is 0.692 bits per heavy atom. The lowest BCUT2D eigenvalue weighted by molar-refractivity contribution is 0.412.